The summed E-state index contributed by atoms with van der Waals surface area (Å²) in [6, 6.07) is 9.46. The van der Waals surface area contributed by atoms with E-state index in [0.717, 1.165) is 16.8 Å². The van der Waals surface area contributed by atoms with E-state index >= 15 is 0 Å². The first-order chi connectivity index (χ1) is 12.6. The normalized spacial score (nSPS) is 10.3. The lowest BCUT2D eigenvalue weighted by molar-refractivity contribution is 0.0595. The number of rotatable bonds is 5. The van der Waals surface area contributed by atoms with Gasteiger partial charge in [-0.15, -0.1) is 0 Å². The van der Waals surface area contributed by atoms with E-state index in [-0.39, 0.29) is 11.4 Å². The van der Waals surface area contributed by atoms with E-state index in [4.69, 9.17) is 10.00 Å². The Bertz CT molecular complexity index is 1050. The number of hydrogen-bond acceptors (Lipinski definition) is 6. The van der Waals surface area contributed by atoms with Gasteiger partial charge in [-0.3, -0.25) is 4.68 Å². The number of nitrogens with one attached hydrogen (secondary N) is 1. The number of nitrogens with zero attached hydrogens (tertiary/aromatic N) is 4. The Morgan fingerprint density at radius 3 is 2.92 bits per heavy atom. The van der Waals surface area contributed by atoms with Gasteiger partial charge in [0.15, 0.2) is 5.69 Å². The topological polar surface area (TPSA) is 92.8 Å². The van der Waals surface area contributed by atoms with Gasteiger partial charge in [0.2, 0.25) is 0 Å². The van der Waals surface area contributed by atoms with Crippen LogP contribution in [0.3, 0.4) is 0 Å². The van der Waals surface area contributed by atoms with Gasteiger partial charge in [-0.05, 0) is 29.3 Å². The molecule has 7 heteroatoms. The van der Waals surface area contributed by atoms with Crippen LogP contribution in [0.4, 0.5) is 5.69 Å². The van der Waals surface area contributed by atoms with Gasteiger partial charge in [-0.1, -0.05) is 18.7 Å². The van der Waals surface area contributed by atoms with Crippen molar-refractivity contribution in [3.05, 3.63) is 59.6 Å². The van der Waals surface area contributed by atoms with Crippen molar-refractivity contribution in [2.75, 3.05) is 19.5 Å². The maximum absolute atomic E-state index is 12.1. The van der Waals surface area contributed by atoms with Crippen LogP contribution in [0.1, 0.15) is 27.3 Å². The minimum Gasteiger partial charge on any atom is -0.464 e. The standard InChI is InChI=1S/C19H17N5O2/c1-4-13-7-12(5-6-16(13)21-2)11-24-17-10-22-14(9-20)8-15(17)18(23-24)19(25)26-3/h4-8,10,21H,1,11H2,2-3H3. The summed E-state index contributed by atoms with van der Waals surface area (Å²) in [5, 5.41) is 17.1. The van der Waals surface area contributed by atoms with Crippen LogP contribution in [-0.4, -0.2) is 34.9 Å². The molecular weight excluding hydrogens is 330 g/mol. The van der Waals surface area contributed by atoms with Crippen LogP contribution in [0.2, 0.25) is 0 Å². The number of nitriles is 1. The van der Waals surface area contributed by atoms with Crippen molar-refractivity contribution in [3.8, 4) is 6.07 Å². The Kier molecular flexibility index (Phi) is 4.67. The minimum atomic E-state index is -0.554. The average Bonchev–Trinajstić information content (AvgIpc) is 3.04. The molecule has 3 rings (SSSR count). The minimum absolute atomic E-state index is 0.164. The SMILES string of the molecule is C=Cc1cc(Cn2nc(C(=O)OC)c3cc(C#N)ncc32)ccc1NC. The van der Waals surface area contributed by atoms with Gasteiger partial charge in [0.05, 0.1) is 25.4 Å². The number of carbonyl (C=O) groups excluding carboxylic acids is 1. The lowest BCUT2D eigenvalue weighted by Crippen LogP contribution is -2.06. The summed E-state index contributed by atoms with van der Waals surface area (Å²) in [5.74, 6) is -0.554. The van der Waals surface area contributed by atoms with Crippen LogP contribution in [-0.2, 0) is 11.3 Å². The van der Waals surface area contributed by atoms with Crippen molar-refractivity contribution in [3.63, 3.8) is 0 Å². The van der Waals surface area contributed by atoms with Crippen molar-refractivity contribution in [2.45, 2.75) is 6.54 Å². The molecule has 0 fully saturated rings. The molecule has 0 radical (unpaired) electrons. The molecule has 0 bridgehead atoms. The van der Waals surface area contributed by atoms with Gasteiger partial charge in [0.1, 0.15) is 11.8 Å². The van der Waals surface area contributed by atoms with Gasteiger partial charge < -0.3 is 10.1 Å². The number of anilines is 1. The number of pyridine rings is 1. The number of esters is 1. The van der Waals surface area contributed by atoms with Crippen molar-refractivity contribution in [1.82, 2.24) is 14.8 Å². The van der Waals surface area contributed by atoms with Crippen molar-refractivity contribution < 1.29 is 9.53 Å². The predicted octanol–water partition coefficient (Wildman–Crippen LogP) is 2.82. The lowest BCUT2D eigenvalue weighted by atomic mass is 10.1. The van der Waals surface area contributed by atoms with Crippen molar-refractivity contribution in [1.29, 1.82) is 5.26 Å². The first-order valence-electron chi connectivity index (χ1n) is 7.89. The number of ether oxygens (including phenoxy) is 1. The number of carbonyl (C=O) groups is 1. The zero-order valence-electron chi connectivity index (χ0n) is 14.5. The van der Waals surface area contributed by atoms with Gasteiger partial charge in [0.25, 0.3) is 0 Å². The zero-order chi connectivity index (χ0) is 18.7. The van der Waals surface area contributed by atoms with Crippen LogP contribution in [0.25, 0.3) is 17.0 Å². The summed E-state index contributed by atoms with van der Waals surface area (Å²) in [4.78, 5) is 16.1. The van der Waals surface area contributed by atoms with E-state index in [9.17, 15) is 4.79 Å². The monoisotopic (exact) mass is 347 g/mol. The Labute approximate surface area is 150 Å². The molecule has 1 N–H and O–H groups in total. The maximum Gasteiger partial charge on any atom is 0.359 e. The Balaban J connectivity index is 2.09. The fourth-order valence-electron chi connectivity index (χ4n) is 2.78. The van der Waals surface area contributed by atoms with Gasteiger partial charge in [0, 0.05) is 18.1 Å². The second-order valence-electron chi connectivity index (χ2n) is 5.57. The molecule has 130 valence electrons. The molecule has 2 heterocycles. The molecule has 0 unspecified atom stereocenters. The third kappa shape index (κ3) is 3.00. The summed E-state index contributed by atoms with van der Waals surface area (Å²) in [6.07, 6.45) is 3.32. The molecule has 0 saturated heterocycles. The molecule has 2 aromatic heterocycles. The Hall–Kier alpha value is -3.66. The smallest absolute Gasteiger partial charge is 0.359 e. The fraction of sp³-hybridized carbons (Fsp3) is 0.158. The summed E-state index contributed by atoms with van der Waals surface area (Å²) in [7, 11) is 3.15. The summed E-state index contributed by atoms with van der Waals surface area (Å²) in [6.45, 7) is 4.27. The molecule has 0 aliphatic heterocycles. The highest BCUT2D eigenvalue weighted by atomic mass is 16.5. The number of benzene rings is 1. The van der Waals surface area contributed by atoms with Gasteiger partial charge in [-0.25, -0.2) is 9.78 Å². The Morgan fingerprint density at radius 2 is 2.27 bits per heavy atom. The highest BCUT2D eigenvalue weighted by molar-refractivity contribution is 6.02. The van der Waals surface area contributed by atoms with Gasteiger partial charge >= 0.3 is 5.97 Å². The molecule has 0 atom stereocenters. The zero-order valence-corrected chi connectivity index (χ0v) is 14.5. The molecule has 3 aromatic rings. The summed E-state index contributed by atoms with van der Waals surface area (Å²) < 4.78 is 6.49. The maximum atomic E-state index is 12.1. The number of methoxy groups -OCH3 is 1. The van der Waals surface area contributed by atoms with E-state index in [1.54, 1.807) is 23.0 Å². The molecule has 0 amide bonds. The molecule has 1 aromatic carbocycles. The largest absolute Gasteiger partial charge is 0.464 e. The molecule has 7 nitrogen and oxygen atoms in total. The number of aromatic nitrogens is 3. The molecule has 0 aliphatic rings. The fourth-order valence-corrected chi connectivity index (χ4v) is 2.78. The van der Waals surface area contributed by atoms with Crippen molar-refractivity contribution in [2.24, 2.45) is 0 Å². The van der Waals surface area contributed by atoms with Crippen molar-refractivity contribution >= 4 is 28.6 Å². The van der Waals surface area contributed by atoms with Crippen LogP contribution in [0.5, 0.6) is 0 Å². The Morgan fingerprint density at radius 1 is 1.46 bits per heavy atom. The van der Waals surface area contributed by atoms with E-state index in [0.29, 0.717) is 17.4 Å². The van der Waals surface area contributed by atoms with Crippen LogP contribution in [0, 0.1) is 11.3 Å². The van der Waals surface area contributed by atoms with Crippen LogP contribution >= 0.6 is 0 Å². The van der Waals surface area contributed by atoms with Crippen LogP contribution in [0.15, 0.2) is 37.0 Å². The first kappa shape index (κ1) is 17.2. The average molecular weight is 347 g/mol. The second-order valence-corrected chi connectivity index (χ2v) is 5.57. The molecule has 0 spiro atoms. The van der Waals surface area contributed by atoms with E-state index in [1.807, 2.05) is 31.3 Å². The van der Waals surface area contributed by atoms with Gasteiger partial charge in [-0.2, -0.15) is 10.4 Å². The van der Waals surface area contributed by atoms with Crippen LogP contribution < -0.4 is 5.32 Å². The van der Waals surface area contributed by atoms with E-state index < -0.39 is 5.97 Å². The van der Waals surface area contributed by atoms with E-state index in [1.165, 1.54) is 7.11 Å². The van der Waals surface area contributed by atoms with E-state index in [2.05, 4.69) is 22.0 Å². The molecule has 26 heavy (non-hydrogen) atoms. The second kappa shape index (κ2) is 7.07. The molecule has 0 aliphatic carbocycles. The quantitative estimate of drug-likeness (QED) is 0.714. The predicted molar refractivity (Wildman–Crippen MR) is 98.8 cm³/mol. The number of fused-ring (bicyclic) bond motifs is 1. The molecular formula is C19H17N5O2. The third-order valence-corrected chi connectivity index (χ3v) is 4.07. The summed E-state index contributed by atoms with van der Waals surface area (Å²) >= 11 is 0. The number of hydrogen-bond donors (Lipinski definition) is 1. The highest BCUT2D eigenvalue weighted by Crippen LogP contribution is 2.23. The third-order valence-electron chi connectivity index (χ3n) is 4.07. The highest BCUT2D eigenvalue weighted by Gasteiger charge is 2.19. The molecule has 0 saturated carbocycles. The first-order valence-corrected chi connectivity index (χ1v) is 7.89. The lowest BCUT2D eigenvalue weighted by Gasteiger charge is -2.09. The summed E-state index contributed by atoms with van der Waals surface area (Å²) in [5.41, 5.74) is 3.97.